The molecule has 0 atom stereocenters. The number of hydrogen-bond donors (Lipinski definition) is 6. The molecule has 5 aromatic rings. The predicted molar refractivity (Wildman–Crippen MR) is 255 cm³/mol. The van der Waals surface area contributed by atoms with Gasteiger partial charge in [0.25, 0.3) is 10.1 Å². The first-order chi connectivity index (χ1) is 29.0. The Kier molecular flexibility index (Phi) is 28.2. The Labute approximate surface area is 416 Å². The fourth-order valence-electron chi connectivity index (χ4n) is 3.72. The highest BCUT2D eigenvalue weighted by molar-refractivity contribution is 9.11. The van der Waals surface area contributed by atoms with Gasteiger partial charge in [-0.2, -0.15) is 8.42 Å². The first-order valence-corrected chi connectivity index (χ1v) is 23.7. The number of amides is 2. The van der Waals surface area contributed by atoms with Crippen LogP contribution in [0.5, 0.6) is 0 Å². The van der Waals surface area contributed by atoms with E-state index in [9.17, 15) is 18.0 Å². The molecule has 0 unspecified atom stereocenters. The van der Waals surface area contributed by atoms with E-state index in [0.717, 1.165) is 30.8 Å². The van der Waals surface area contributed by atoms with Crippen LogP contribution in [0.1, 0.15) is 41.7 Å². The molecular formula is C35H36BBr4Cl5N8O8S. The summed E-state index contributed by atoms with van der Waals surface area (Å²) in [5.41, 5.74) is 8.96. The van der Waals surface area contributed by atoms with Crippen molar-refractivity contribution in [2.24, 2.45) is 5.73 Å². The summed E-state index contributed by atoms with van der Waals surface area (Å²) in [6.45, 7) is 3.69. The number of halogens is 9. The Balaban J connectivity index is 0.000000391. The predicted octanol–water partition coefficient (Wildman–Crippen LogP) is 7.10. The van der Waals surface area contributed by atoms with Crippen LogP contribution in [0.3, 0.4) is 0 Å². The SMILES string of the molecule is CC(=O)NCc1cc(B(O)O)cnc1Cl.CC(=O)NCc1cc(Br)cnc1Cl.CS(=O)(=O)OCc1cc(Br)cnc1Cl.NCc1cc(Br)cnc1Cl.OCc1cc(Br)cnc1Cl. The number of rotatable bonds is 10. The van der Waals surface area contributed by atoms with Gasteiger partial charge in [0.05, 0.1) is 19.5 Å². The summed E-state index contributed by atoms with van der Waals surface area (Å²) in [6.07, 6.45) is 8.60. The average molecular weight is 1240 g/mol. The minimum Gasteiger partial charge on any atom is -0.423 e. The molecule has 336 valence electrons. The standard InChI is InChI=1S/C8H10BClN2O3.C8H8BrClN2O.C7H7BrClNO3S.C6H6BrClN2.C6H5BrClNO/c1-5(13)11-3-6-2-7(9(14)15)4-12-8(6)10;1-5(13)11-3-6-2-7(9)4-12-8(6)10;1-14(11,12)13-4-5-2-6(8)3-10-7(5)9;7-5-1-4(2-9)6(8)10-3-5;7-5-1-4(3-10)6(8)9-2-5/h2,4,14-15H,3H2,1H3,(H,11,13);2,4H,3H2,1H3,(H,11,13);2-3H,4H2,1H3;1,3H,2,9H2;1-2,10H,3H2. The lowest BCUT2D eigenvalue weighted by Crippen LogP contribution is -2.31. The molecule has 0 radical (unpaired) electrons. The van der Waals surface area contributed by atoms with E-state index in [1.165, 1.54) is 32.3 Å². The summed E-state index contributed by atoms with van der Waals surface area (Å²) >= 11 is 41.5. The smallest absolute Gasteiger partial charge is 0.423 e. The van der Waals surface area contributed by atoms with Crippen LogP contribution < -0.4 is 21.8 Å². The molecule has 0 bridgehead atoms. The van der Waals surface area contributed by atoms with E-state index >= 15 is 0 Å². The van der Waals surface area contributed by atoms with Gasteiger partial charge in [-0.15, -0.1) is 0 Å². The van der Waals surface area contributed by atoms with Crippen LogP contribution in [0.4, 0.5) is 0 Å². The van der Waals surface area contributed by atoms with Crippen molar-refractivity contribution in [2.45, 2.75) is 46.7 Å². The molecule has 0 aliphatic heterocycles. The van der Waals surface area contributed by atoms with Gasteiger partial charge in [-0.1, -0.05) is 64.1 Å². The summed E-state index contributed by atoms with van der Waals surface area (Å²) in [5, 5.41) is 33.4. The maximum Gasteiger partial charge on any atom is 0.490 e. The second-order valence-electron chi connectivity index (χ2n) is 11.7. The average Bonchev–Trinajstić information content (AvgIpc) is 3.20. The van der Waals surface area contributed by atoms with Crippen molar-refractivity contribution in [2.75, 3.05) is 6.26 Å². The minimum absolute atomic E-state index is 0.0781. The number of hydrogen-bond acceptors (Lipinski definition) is 14. The molecule has 5 rings (SSSR count). The van der Waals surface area contributed by atoms with Gasteiger partial charge in [-0.3, -0.25) is 13.8 Å². The van der Waals surface area contributed by atoms with Gasteiger partial charge in [-0.25, -0.2) is 24.9 Å². The third-order valence-corrected chi connectivity index (χ3v) is 10.6. The molecule has 16 nitrogen and oxygen atoms in total. The zero-order valence-corrected chi connectivity index (χ0v) is 43.3. The maximum atomic E-state index is 10.7. The van der Waals surface area contributed by atoms with E-state index in [1.54, 1.807) is 30.7 Å². The molecule has 0 aromatic carbocycles. The normalized spacial score (nSPS) is 10.3. The highest BCUT2D eigenvalue weighted by atomic mass is 79.9. The Morgan fingerprint density at radius 2 is 0.984 bits per heavy atom. The van der Waals surface area contributed by atoms with Crippen LogP contribution >= 0.6 is 122 Å². The van der Waals surface area contributed by atoms with Crippen molar-refractivity contribution in [1.29, 1.82) is 0 Å². The minimum atomic E-state index is -3.45. The Morgan fingerprint density at radius 1 is 0.645 bits per heavy atom. The molecule has 5 heterocycles. The first-order valence-electron chi connectivity index (χ1n) is 16.8. The summed E-state index contributed by atoms with van der Waals surface area (Å²) < 4.78 is 29.3. The quantitative estimate of drug-likeness (QED) is 0.0464. The van der Waals surface area contributed by atoms with Crippen LogP contribution in [0.25, 0.3) is 0 Å². The second-order valence-corrected chi connectivity index (χ2v) is 18.8. The number of carbonyl (C=O) groups is 2. The molecular weight excluding hydrogens is 1200 g/mol. The van der Waals surface area contributed by atoms with E-state index in [-0.39, 0.29) is 47.3 Å². The van der Waals surface area contributed by atoms with E-state index in [4.69, 9.17) is 78.9 Å². The van der Waals surface area contributed by atoms with E-state index in [2.05, 4.69) is 103 Å². The summed E-state index contributed by atoms with van der Waals surface area (Å²) in [4.78, 5) is 40.5. The number of nitrogens with zero attached hydrogens (tertiary/aromatic N) is 5. The van der Waals surface area contributed by atoms with Crippen molar-refractivity contribution in [3.8, 4) is 0 Å². The van der Waals surface area contributed by atoms with Gasteiger partial charge < -0.3 is 31.5 Å². The van der Waals surface area contributed by atoms with E-state index in [1.807, 2.05) is 12.1 Å². The van der Waals surface area contributed by atoms with Crippen molar-refractivity contribution >= 4 is 156 Å². The summed E-state index contributed by atoms with van der Waals surface area (Å²) in [6, 6.07) is 8.55. The molecule has 0 saturated carbocycles. The molecule has 5 aromatic heterocycles. The number of nitrogens with one attached hydrogen (secondary N) is 2. The first kappa shape index (κ1) is 57.9. The number of nitrogens with two attached hydrogens (primary N) is 1. The van der Waals surface area contributed by atoms with Crippen LogP contribution in [0.2, 0.25) is 25.8 Å². The molecule has 0 saturated heterocycles. The monoisotopic (exact) mass is 1230 g/mol. The molecule has 0 aliphatic carbocycles. The zero-order valence-electron chi connectivity index (χ0n) is 32.4. The molecule has 7 N–H and O–H groups in total. The largest absolute Gasteiger partial charge is 0.490 e. The number of pyridine rings is 5. The number of aliphatic hydroxyl groups excluding tert-OH is 1. The van der Waals surface area contributed by atoms with Crippen LogP contribution in [-0.4, -0.2) is 73.7 Å². The lowest BCUT2D eigenvalue weighted by atomic mass is 9.81. The highest BCUT2D eigenvalue weighted by Crippen LogP contribution is 2.21. The van der Waals surface area contributed by atoms with Gasteiger partial charge in [0.15, 0.2) is 0 Å². The Hall–Kier alpha value is -2.13. The molecule has 27 heteroatoms. The number of carbonyl (C=O) groups excluding carboxylic acids is 2. The Bertz CT molecular complexity index is 2320. The second kappa shape index (κ2) is 30.1. The zero-order chi connectivity index (χ0) is 47.2. The van der Waals surface area contributed by atoms with E-state index < -0.39 is 17.2 Å². The van der Waals surface area contributed by atoms with Gasteiger partial charge in [0.1, 0.15) is 25.8 Å². The summed E-state index contributed by atoms with van der Waals surface area (Å²) in [7, 11) is -5.05. The van der Waals surface area contributed by atoms with Crippen molar-refractivity contribution in [3.63, 3.8) is 0 Å². The highest BCUT2D eigenvalue weighted by Gasteiger charge is 2.14. The van der Waals surface area contributed by atoms with Crippen LogP contribution in [-0.2, 0) is 56.7 Å². The topological polar surface area (TPSA) is 253 Å². The fraction of sp³-hybridized carbons (Fsp3) is 0.229. The maximum absolute atomic E-state index is 10.7. The van der Waals surface area contributed by atoms with Crippen LogP contribution in [0.15, 0.2) is 79.2 Å². The van der Waals surface area contributed by atoms with Crippen molar-refractivity contribution in [1.82, 2.24) is 35.6 Å². The number of aliphatic hydroxyl groups is 1. The lowest BCUT2D eigenvalue weighted by Gasteiger charge is -2.06. The molecule has 0 fully saturated rings. The van der Waals surface area contributed by atoms with Gasteiger partial charge in [-0.05, 0) is 88.0 Å². The van der Waals surface area contributed by atoms with Gasteiger partial charge in [0, 0.05) is 116 Å². The summed E-state index contributed by atoms with van der Waals surface area (Å²) in [5.74, 6) is -0.281. The Morgan fingerprint density at radius 3 is 1.34 bits per heavy atom. The molecule has 0 aliphatic rings. The van der Waals surface area contributed by atoms with Gasteiger partial charge in [0.2, 0.25) is 11.8 Å². The third kappa shape index (κ3) is 24.8. The van der Waals surface area contributed by atoms with Crippen molar-refractivity contribution in [3.05, 3.63) is 133 Å². The number of aromatic nitrogens is 5. The molecule has 0 spiro atoms. The van der Waals surface area contributed by atoms with Crippen LogP contribution in [0, 0.1) is 0 Å². The fourth-order valence-corrected chi connectivity index (χ4v) is 6.42. The molecule has 62 heavy (non-hydrogen) atoms. The van der Waals surface area contributed by atoms with Crippen molar-refractivity contribution < 1.29 is 37.3 Å². The van der Waals surface area contributed by atoms with Gasteiger partial charge >= 0.3 is 7.12 Å². The third-order valence-electron chi connectivity index (χ3n) is 6.62. The molecule has 2 amide bonds. The van der Waals surface area contributed by atoms with E-state index in [0.29, 0.717) is 49.7 Å². The lowest BCUT2D eigenvalue weighted by molar-refractivity contribution is -0.120.